The molecule has 0 radical (unpaired) electrons. The van der Waals surface area contributed by atoms with Crippen molar-refractivity contribution >= 4 is 11.6 Å². The van der Waals surface area contributed by atoms with E-state index in [9.17, 15) is 0 Å². The van der Waals surface area contributed by atoms with Crippen LogP contribution in [-0.4, -0.2) is 39.8 Å². The molecule has 136 valence electrons. The van der Waals surface area contributed by atoms with E-state index in [2.05, 4.69) is 45.1 Å². The summed E-state index contributed by atoms with van der Waals surface area (Å²) >= 11 is 0. The monoisotopic (exact) mass is 353 g/mol. The topological polar surface area (TPSA) is 64.8 Å². The molecule has 0 unspecified atom stereocenters. The van der Waals surface area contributed by atoms with E-state index < -0.39 is 0 Å². The van der Waals surface area contributed by atoms with Crippen LogP contribution < -0.4 is 9.64 Å². The van der Waals surface area contributed by atoms with Gasteiger partial charge in [-0.2, -0.15) is 14.6 Å². The molecule has 26 heavy (non-hydrogen) atoms. The predicted molar refractivity (Wildman–Crippen MR) is 98.5 cm³/mol. The van der Waals surface area contributed by atoms with Crippen molar-refractivity contribution in [2.75, 3.05) is 25.2 Å². The molecule has 2 aromatic heterocycles. The summed E-state index contributed by atoms with van der Waals surface area (Å²) in [5, 5.41) is 4.34. The Kier molecular flexibility index (Phi) is 4.71. The van der Waals surface area contributed by atoms with Crippen LogP contribution in [0.1, 0.15) is 30.2 Å². The van der Waals surface area contributed by atoms with E-state index in [1.54, 1.807) is 11.6 Å². The zero-order valence-corrected chi connectivity index (χ0v) is 15.2. The van der Waals surface area contributed by atoms with Gasteiger partial charge in [0.05, 0.1) is 18.9 Å². The Labute approximate surface area is 152 Å². The second-order valence-corrected chi connectivity index (χ2v) is 6.46. The Morgan fingerprint density at radius 3 is 2.96 bits per heavy atom. The van der Waals surface area contributed by atoms with E-state index in [1.807, 2.05) is 6.07 Å². The lowest BCUT2D eigenvalue weighted by atomic mass is 9.99. The molecule has 7 nitrogen and oxygen atoms in total. The van der Waals surface area contributed by atoms with Gasteiger partial charge in [0.15, 0.2) is 0 Å². The van der Waals surface area contributed by atoms with Crippen LogP contribution in [0.25, 0.3) is 5.78 Å². The zero-order chi connectivity index (χ0) is 17.9. The lowest BCUT2D eigenvalue weighted by Crippen LogP contribution is -2.32. The quantitative estimate of drug-likeness (QED) is 0.679. The number of methoxy groups -OCH3 is 1. The SMILES string of the molecule is CCCOc1ccc2c(c1)CCN(c1cc(COC)nc3ncnn13)C2. The minimum Gasteiger partial charge on any atom is -0.494 e. The fourth-order valence-corrected chi connectivity index (χ4v) is 3.33. The van der Waals surface area contributed by atoms with Crippen LogP contribution in [-0.2, 0) is 24.3 Å². The summed E-state index contributed by atoms with van der Waals surface area (Å²) < 4.78 is 12.8. The second-order valence-electron chi connectivity index (χ2n) is 6.46. The molecule has 0 saturated heterocycles. The van der Waals surface area contributed by atoms with Crippen molar-refractivity contribution in [3.63, 3.8) is 0 Å². The summed E-state index contributed by atoms with van der Waals surface area (Å²) in [6.45, 7) is 5.07. The first-order valence-electron chi connectivity index (χ1n) is 8.96. The summed E-state index contributed by atoms with van der Waals surface area (Å²) in [6, 6.07) is 8.44. The highest BCUT2D eigenvalue weighted by Crippen LogP contribution is 2.28. The van der Waals surface area contributed by atoms with Gasteiger partial charge in [-0.05, 0) is 36.1 Å². The number of rotatable bonds is 6. The summed E-state index contributed by atoms with van der Waals surface area (Å²) in [7, 11) is 1.67. The number of fused-ring (bicyclic) bond motifs is 2. The van der Waals surface area contributed by atoms with E-state index >= 15 is 0 Å². The van der Waals surface area contributed by atoms with E-state index in [0.717, 1.165) is 49.8 Å². The number of ether oxygens (including phenoxy) is 2. The van der Waals surface area contributed by atoms with Crippen LogP contribution in [0.4, 0.5) is 5.82 Å². The third kappa shape index (κ3) is 3.22. The molecule has 3 heterocycles. The third-order valence-electron chi connectivity index (χ3n) is 4.57. The molecule has 4 rings (SSSR count). The Balaban J connectivity index is 1.62. The zero-order valence-electron chi connectivity index (χ0n) is 15.2. The van der Waals surface area contributed by atoms with E-state index in [1.165, 1.54) is 17.5 Å². The minimum atomic E-state index is 0.457. The fourth-order valence-electron chi connectivity index (χ4n) is 3.33. The first kappa shape index (κ1) is 16.8. The Hall–Kier alpha value is -2.67. The van der Waals surface area contributed by atoms with Crippen molar-refractivity contribution in [2.45, 2.75) is 32.9 Å². The summed E-state index contributed by atoms with van der Waals surface area (Å²) in [5.41, 5.74) is 3.53. The number of hydrogen-bond donors (Lipinski definition) is 0. The number of nitrogens with zero attached hydrogens (tertiary/aromatic N) is 5. The van der Waals surface area contributed by atoms with Crippen LogP contribution in [0.15, 0.2) is 30.6 Å². The van der Waals surface area contributed by atoms with Crippen molar-refractivity contribution < 1.29 is 9.47 Å². The van der Waals surface area contributed by atoms with Crippen LogP contribution >= 0.6 is 0 Å². The van der Waals surface area contributed by atoms with E-state index in [0.29, 0.717) is 12.4 Å². The molecular formula is C19H23N5O2. The molecule has 1 aromatic carbocycles. The molecule has 0 atom stereocenters. The average Bonchev–Trinajstić information content (AvgIpc) is 3.14. The molecule has 3 aromatic rings. The van der Waals surface area contributed by atoms with Crippen molar-refractivity contribution in [2.24, 2.45) is 0 Å². The third-order valence-corrected chi connectivity index (χ3v) is 4.57. The lowest BCUT2D eigenvalue weighted by Gasteiger charge is -2.31. The summed E-state index contributed by atoms with van der Waals surface area (Å²) in [5.74, 6) is 2.56. The second kappa shape index (κ2) is 7.29. The molecule has 7 heteroatoms. The van der Waals surface area contributed by atoms with Crippen molar-refractivity contribution in [1.82, 2.24) is 19.6 Å². The average molecular weight is 353 g/mol. The van der Waals surface area contributed by atoms with Gasteiger partial charge in [0, 0.05) is 26.3 Å². The summed E-state index contributed by atoms with van der Waals surface area (Å²) in [6.07, 6.45) is 3.53. The first-order valence-corrected chi connectivity index (χ1v) is 8.96. The smallest absolute Gasteiger partial charge is 0.254 e. The van der Waals surface area contributed by atoms with Gasteiger partial charge in [0.25, 0.3) is 5.78 Å². The predicted octanol–water partition coefficient (Wildman–Crippen LogP) is 2.62. The number of hydrogen-bond acceptors (Lipinski definition) is 6. The Bertz CT molecular complexity index is 908. The fraction of sp³-hybridized carbons (Fsp3) is 0.421. The molecule has 0 N–H and O–H groups in total. The molecule has 0 aliphatic carbocycles. The highest BCUT2D eigenvalue weighted by Gasteiger charge is 2.21. The van der Waals surface area contributed by atoms with Gasteiger partial charge in [-0.3, -0.25) is 0 Å². The standard InChI is InChI=1S/C19H23N5O2/c1-3-8-26-17-5-4-15-11-23(7-6-14(15)9-17)18-10-16(12-25-2)22-19-20-13-21-24(18)19/h4-5,9-10,13H,3,6-8,11-12H2,1-2H3. The van der Waals surface area contributed by atoms with Gasteiger partial charge in [0.1, 0.15) is 17.9 Å². The maximum atomic E-state index is 5.76. The normalized spacial score (nSPS) is 13.8. The lowest BCUT2D eigenvalue weighted by molar-refractivity contribution is 0.181. The molecular weight excluding hydrogens is 330 g/mol. The Morgan fingerprint density at radius 1 is 1.19 bits per heavy atom. The molecule has 1 aliphatic heterocycles. The van der Waals surface area contributed by atoms with Gasteiger partial charge in [-0.15, -0.1) is 0 Å². The molecule has 0 saturated carbocycles. The van der Waals surface area contributed by atoms with Gasteiger partial charge < -0.3 is 14.4 Å². The van der Waals surface area contributed by atoms with Gasteiger partial charge >= 0.3 is 0 Å². The van der Waals surface area contributed by atoms with Gasteiger partial charge in [-0.25, -0.2) is 4.98 Å². The van der Waals surface area contributed by atoms with Gasteiger partial charge in [0.2, 0.25) is 0 Å². The van der Waals surface area contributed by atoms with Crippen molar-refractivity contribution in [3.8, 4) is 5.75 Å². The van der Waals surface area contributed by atoms with Crippen LogP contribution in [0.3, 0.4) is 0 Å². The number of benzene rings is 1. The maximum Gasteiger partial charge on any atom is 0.254 e. The molecule has 0 fully saturated rings. The molecule has 0 bridgehead atoms. The number of anilines is 1. The van der Waals surface area contributed by atoms with Crippen LogP contribution in [0.2, 0.25) is 0 Å². The summed E-state index contributed by atoms with van der Waals surface area (Å²) in [4.78, 5) is 11.0. The molecule has 0 amide bonds. The van der Waals surface area contributed by atoms with E-state index in [-0.39, 0.29) is 0 Å². The molecule has 0 spiro atoms. The maximum absolute atomic E-state index is 5.76. The molecule has 1 aliphatic rings. The van der Waals surface area contributed by atoms with Crippen molar-refractivity contribution in [1.29, 1.82) is 0 Å². The Morgan fingerprint density at radius 2 is 2.12 bits per heavy atom. The highest BCUT2D eigenvalue weighted by atomic mass is 16.5. The van der Waals surface area contributed by atoms with Crippen LogP contribution in [0, 0.1) is 0 Å². The number of aromatic nitrogens is 4. The van der Waals surface area contributed by atoms with Gasteiger partial charge in [-0.1, -0.05) is 13.0 Å². The van der Waals surface area contributed by atoms with Crippen LogP contribution in [0.5, 0.6) is 5.75 Å². The minimum absolute atomic E-state index is 0.457. The first-order chi connectivity index (χ1) is 12.8. The highest BCUT2D eigenvalue weighted by molar-refractivity contribution is 5.50. The largest absolute Gasteiger partial charge is 0.494 e. The van der Waals surface area contributed by atoms with E-state index in [4.69, 9.17) is 9.47 Å². The van der Waals surface area contributed by atoms with Crippen molar-refractivity contribution in [3.05, 3.63) is 47.4 Å².